The van der Waals surface area contributed by atoms with Crippen molar-refractivity contribution >= 4 is 11.9 Å². The molecule has 26 heavy (non-hydrogen) atoms. The number of aliphatic carboxylic acids is 1. The molecule has 0 amide bonds. The van der Waals surface area contributed by atoms with Crippen molar-refractivity contribution in [1.82, 2.24) is 0 Å². The Kier molecular flexibility index (Phi) is 12.7. The third kappa shape index (κ3) is 15.8. The number of carbonyl (C=O) groups is 2. The highest BCUT2D eigenvalue weighted by Gasteiger charge is 2.22. The largest absolute Gasteiger partial charge is 0.550 e. The smallest absolute Gasteiger partial charge is 0.306 e. The molecule has 0 aliphatic rings. The molecule has 0 aromatic carbocycles. The molecule has 6 nitrogen and oxygen atoms in total. The SMILES string of the molecule is C/C=C/C=C/CC(O)CCCCCC(=O)OC(CC(=O)[O-])C[N+](C)(C)C. The maximum Gasteiger partial charge on any atom is 0.306 e. The molecule has 150 valence electrons. The first-order valence-corrected chi connectivity index (χ1v) is 9.29. The molecule has 2 atom stereocenters. The van der Waals surface area contributed by atoms with Gasteiger partial charge in [-0.3, -0.25) is 4.79 Å². The van der Waals surface area contributed by atoms with Crippen LogP contribution in [0.2, 0.25) is 0 Å². The number of carboxylic acid groups (broad SMARTS) is 1. The van der Waals surface area contributed by atoms with Crippen LogP contribution in [0.15, 0.2) is 24.3 Å². The molecule has 2 unspecified atom stereocenters. The molecule has 0 radical (unpaired) electrons. The van der Waals surface area contributed by atoms with Crippen molar-refractivity contribution < 1.29 is 29.0 Å². The summed E-state index contributed by atoms with van der Waals surface area (Å²) in [6, 6.07) is 0. The zero-order valence-corrected chi connectivity index (χ0v) is 16.6. The van der Waals surface area contributed by atoms with Gasteiger partial charge in [-0.1, -0.05) is 37.1 Å². The van der Waals surface area contributed by atoms with E-state index in [9.17, 15) is 19.8 Å². The summed E-state index contributed by atoms with van der Waals surface area (Å²) in [6.07, 6.45) is 10.3. The van der Waals surface area contributed by atoms with E-state index in [-0.39, 0.29) is 24.9 Å². The summed E-state index contributed by atoms with van der Waals surface area (Å²) < 4.78 is 5.81. The fourth-order valence-corrected chi connectivity index (χ4v) is 2.55. The number of allylic oxidation sites excluding steroid dienone is 3. The van der Waals surface area contributed by atoms with Gasteiger partial charge in [0.05, 0.1) is 27.2 Å². The number of quaternary nitrogens is 1. The van der Waals surface area contributed by atoms with Crippen molar-refractivity contribution in [1.29, 1.82) is 0 Å². The molecule has 0 aliphatic carbocycles. The first-order chi connectivity index (χ1) is 12.1. The second kappa shape index (κ2) is 13.5. The van der Waals surface area contributed by atoms with E-state index < -0.39 is 12.1 Å². The summed E-state index contributed by atoms with van der Waals surface area (Å²) in [4.78, 5) is 22.7. The van der Waals surface area contributed by atoms with Gasteiger partial charge in [0.2, 0.25) is 0 Å². The average molecular weight is 370 g/mol. The van der Waals surface area contributed by atoms with Crippen LogP contribution in [-0.2, 0) is 14.3 Å². The monoisotopic (exact) mass is 369 g/mol. The number of esters is 1. The van der Waals surface area contributed by atoms with E-state index in [4.69, 9.17) is 4.74 Å². The molecule has 0 spiro atoms. The quantitative estimate of drug-likeness (QED) is 0.217. The van der Waals surface area contributed by atoms with E-state index in [2.05, 4.69) is 0 Å². The number of nitrogens with zero attached hydrogens (tertiary/aromatic N) is 1. The van der Waals surface area contributed by atoms with E-state index in [0.717, 1.165) is 12.8 Å². The van der Waals surface area contributed by atoms with E-state index in [1.54, 1.807) is 0 Å². The van der Waals surface area contributed by atoms with Gasteiger partial charge < -0.3 is 24.2 Å². The fourth-order valence-electron chi connectivity index (χ4n) is 2.55. The lowest BCUT2D eigenvalue weighted by Crippen LogP contribution is -2.45. The van der Waals surface area contributed by atoms with Gasteiger partial charge >= 0.3 is 5.97 Å². The summed E-state index contributed by atoms with van der Waals surface area (Å²) in [5.74, 6) is -1.59. The Morgan fingerprint density at radius 3 is 2.42 bits per heavy atom. The van der Waals surface area contributed by atoms with E-state index in [1.807, 2.05) is 52.4 Å². The standard InChI is InChI=1S/C20H35NO5/c1-5-6-7-9-12-17(22)13-10-8-11-14-20(25)26-18(15-19(23)24)16-21(2,3)4/h5-7,9,17-18,22H,8,10-16H2,1-4H3/b6-5+,9-7+. The molecule has 0 saturated carbocycles. The first kappa shape index (κ1) is 24.3. The molecule has 0 aliphatic heterocycles. The average Bonchev–Trinajstić information content (AvgIpc) is 2.48. The minimum atomic E-state index is -1.21. The number of rotatable bonds is 14. The van der Waals surface area contributed by atoms with Gasteiger partial charge in [0, 0.05) is 18.8 Å². The summed E-state index contributed by atoms with van der Waals surface area (Å²) in [6.45, 7) is 2.36. The minimum absolute atomic E-state index is 0.262. The number of aliphatic hydroxyl groups excluding tert-OH is 1. The number of hydrogen-bond acceptors (Lipinski definition) is 5. The second-order valence-corrected chi connectivity index (χ2v) is 7.60. The highest BCUT2D eigenvalue weighted by molar-refractivity contribution is 5.70. The second-order valence-electron chi connectivity index (χ2n) is 7.60. The van der Waals surface area contributed by atoms with Gasteiger partial charge in [-0.15, -0.1) is 0 Å². The topological polar surface area (TPSA) is 86.7 Å². The van der Waals surface area contributed by atoms with Crippen LogP contribution in [0.3, 0.4) is 0 Å². The molecule has 0 saturated heterocycles. The summed E-state index contributed by atoms with van der Waals surface area (Å²) >= 11 is 0. The van der Waals surface area contributed by atoms with Crippen LogP contribution in [0.1, 0.15) is 51.9 Å². The van der Waals surface area contributed by atoms with Crippen LogP contribution in [0.25, 0.3) is 0 Å². The molecule has 0 aromatic rings. The highest BCUT2D eigenvalue weighted by Crippen LogP contribution is 2.11. The third-order valence-corrected chi connectivity index (χ3v) is 3.71. The van der Waals surface area contributed by atoms with Crippen molar-refractivity contribution in [3.63, 3.8) is 0 Å². The predicted molar refractivity (Wildman–Crippen MR) is 100 cm³/mol. The molecule has 1 N–H and O–H groups in total. The predicted octanol–water partition coefficient (Wildman–Crippen LogP) is 1.58. The Labute approximate surface area is 157 Å². The molecule has 0 bridgehead atoms. The summed E-state index contributed by atoms with van der Waals surface area (Å²) in [7, 11) is 5.74. The van der Waals surface area contributed by atoms with Crippen molar-refractivity contribution in [2.24, 2.45) is 0 Å². The van der Waals surface area contributed by atoms with Crippen LogP contribution >= 0.6 is 0 Å². The van der Waals surface area contributed by atoms with Crippen LogP contribution in [0.5, 0.6) is 0 Å². The van der Waals surface area contributed by atoms with Gasteiger partial charge in [-0.2, -0.15) is 0 Å². The van der Waals surface area contributed by atoms with Crippen molar-refractivity contribution in [2.75, 3.05) is 27.7 Å². The van der Waals surface area contributed by atoms with Crippen LogP contribution in [0.4, 0.5) is 0 Å². The van der Waals surface area contributed by atoms with Crippen molar-refractivity contribution in [3.8, 4) is 0 Å². The molecule has 6 heteroatoms. The van der Waals surface area contributed by atoms with Gasteiger partial charge in [-0.25, -0.2) is 0 Å². The normalized spacial score (nSPS) is 14.7. The highest BCUT2D eigenvalue weighted by atomic mass is 16.5. The zero-order chi connectivity index (χ0) is 20.0. The molecular weight excluding hydrogens is 334 g/mol. The minimum Gasteiger partial charge on any atom is -0.550 e. The van der Waals surface area contributed by atoms with Gasteiger partial charge in [-0.05, 0) is 26.2 Å². The number of likely N-dealkylation sites (N-methyl/N-ethyl adjacent to an activating group) is 1. The Morgan fingerprint density at radius 2 is 1.85 bits per heavy atom. The van der Waals surface area contributed by atoms with Crippen molar-refractivity contribution in [3.05, 3.63) is 24.3 Å². The van der Waals surface area contributed by atoms with Crippen LogP contribution in [0, 0.1) is 0 Å². The van der Waals surface area contributed by atoms with E-state index in [1.165, 1.54) is 0 Å². The third-order valence-electron chi connectivity index (χ3n) is 3.71. The Hall–Kier alpha value is -1.66. The lowest BCUT2D eigenvalue weighted by Gasteiger charge is -2.29. The maximum atomic E-state index is 11.9. The zero-order valence-electron chi connectivity index (χ0n) is 16.6. The number of unbranched alkanes of at least 4 members (excludes halogenated alkanes) is 2. The van der Waals surface area contributed by atoms with Gasteiger partial charge in [0.1, 0.15) is 6.54 Å². The number of carboxylic acids is 1. The van der Waals surface area contributed by atoms with Crippen LogP contribution < -0.4 is 5.11 Å². The van der Waals surface area contributed by atoms with E-state index >= 15 is 0 Å². The fraction of sp³-hybridized carbons (Fsp3) is 0.700. The number of ether oxygens (including phenoxy) is 1. The molecule has 0 aromatic heterocycles. The lowest BCUT2D eigenvalue weighted by atomic mass is 10.1. The van der Waals surface area contributed by atoms with Gasteiger partial charge in [0.25, 0.3) is 0 Å². The molecule has 0 rings (SSSR count). The Balaban J connectivity index is 4.00. The number of hydrogen-bond donors (Lipinski definition) is 1. The summed E-state index contributed by atoms with van der Waals surface area (Å²) in [5, 5.41) is 20.6. The molecule has 0 fully saturated rings. The Bertz CT molecular complexity index is 465. The van der Waals surface area contributed by atoms with E-state index in [0.29, 0.717) is 30.3 Å². The lowest BCUT2D eigenvalue weighted by molar-refractivity contribution is -0.873. The van der Waals surface area contributed by atoms with Gasteiger partial charge in [0.15, 0.2) is 6.10 Å². The van der Waals surface area contributed by atoms with Crippen LogP contribution in [-0.4, -0.2) is 61.4 Å². The molecular formula is C20H35NO5. The van der Waals surface area contributed by atoms with Crippen molar-refractivity contribution in [2.45, 2.75) is 64.1 Å². The molecule has 0 heterocycles. The number of aliphatic hydroxyl groups is 1. The number of carbonyl (C=O) groups excluding carboxylic acids is 2. The first-order valence-electron chi connectivity index (χ1n) is 9.29. The maximum absolute atomic E-state index is 11.9. The Morgan fingerprint density at radius 1 is 1.15 bits per heavy atom. The summed E-state index contributed by atoms with van der Waals surface area (Å²) in [5.41, 5.74) is 0.